The second-order valence-corrected chi connectivity index (χ2v) is 6.95. The number of tetrazole rings is 1. The lowest BCUT2D eigenvalue weighted by Gasteiger charge is -2.16. The summed E-state index contributed by atoms with van der Waals surface area (Å²) in [6, 6.07) is 6.64. The highest BCUT2D eigenvalue weighted by Crippen LogP contribution is 2.37. The summed E-state index contributed by atoms with van der Waals surface area (Å²) < 4.78 is 27.6. The predicted octanol–water partition coefficient (Wildman–Crippen LogP) is 1.73. The van der Waals surface area contributed by atoms with Gasteiger partial charge in [-0.2, -0.15) is 4.80 Å². The molecule has 2 aromatic heterocycles. The Hall–Kier alpha value is -4.02. The molecule has 0 spiro atoms. The van der Waals surface area contributed by atoms with E-state index in [0.717, 1.165) is 12.8 Å². The fraction of sp³-hybridized carbons (Fsp3) is 0.300. The lowest BCUT2D eigenvalue weighted by atomic mass is 10.1. The zero-order valence-electron chi connectivity index (χ0n) is 19.8. The van der Waals surface area contributed by atoms with Crippen LogP contribution in [-0.2, 0) is 11.8 Å². The van der Waals surface area contributed by atoms with E-state index in [1.54, 1.807) is 25.2 Å². The molecule has 2 heterocycles. The van der Waals surface area contributed by atoms with Gasteiger partial charge in [-0.3, -0.25) is 9.59 Å². The number of para-hydroxylation sites is 1. The zero-order chi connectivity index (χ0) is 24.5. The van der Waals surface area contributed by atoms with Gasteiger partial charge in [0.2, 0.25) is 11.7 Å². The largest absolute Gasteiger partial charge is 0.494 e. The molecule has 0 bridgehead atoms. The highest BCUT2D eigenvalue weighted by Gasteiger charge is 2.30. The number of benzene rings is 1. The Morgan fingerprint density at radius 3 is 2.81 bits per heavy atom. The van der Waals surface area contributed by atoms with Crippen molar-refractivity contribution in [2.45, 2.75) is 12.8 Å². The van der Waals surface area contributed by atoms with Crippen molar-refractivity contribution in [1.82, 2.24) is 30.5 Å². The summed E-state index contributed by atoms with van der Waals surface area (Å²) in [5, 5.41) is 19.8. The summed E-state index contributed by atoms with van der Waals surface area (Å²) in [4.78, 5) is 30.3. The molecule has 1 aliphatic carbocycles. The van der Waals surface area contributed by atoms with Crippen LogP contribution in [0.4, 0.5) is 17.2 Å². The van der Waals surface area contributed by atoms with Crippen molar-refractivity contribution in [3.63, 3.8) is 0 Å². The van der Waals surface area contributed by atoms with Crippen LogP contribution in [0, 0.1) is 5.92 Å². The SMILES string of the molecule is [2H]C([2H])([2H])NC(=O)c1cnc(NC(=O)C2CC2)cc1Nc1cccc(-c2nnn(C)n2)c1OC. The van der Waals surface area contributed by atoms with Crippen molar-refractivity contribution in [1.29, 1.82) is 0 Å². The van der Waals surface area contributed by atoms with E-state index in [1.165, 1.54) is 24.2 Å². The Morgan fingerprint density at radius 1 is 1.29 bits per heavy atom. The maximum atomic E-state index is 12.7. The molecule has 3 aromatic rings. The molecule has 1 saturated carbocycles. The average molecular weight is 425 g/mol. The third kappa shape index (κ3) is 4.29. The third-order valence-electron chi connectivity index (χ3n) is 4.70. The van der Waals surface area contributed by atoms with Crippen molar-refractivity contribution < 1.29 is 18.4 Å². The van der Waals surface area contributed by atoms with Crippen LogP contribution in [0.3, 0.4) is 0 Å². The minimum Gasteiger partial charge on any atom is -0.494 e. The van der Waals surface area contributed by atoms with E-state index in [1.807, 2.05) is 5.32 Å². The molecule has 0 radical (unpaired) electrons. The topological polar surface area (TPSA) is 136 Å². The Balaban J connectivity index is 1.72. The van der Waals surface area contributed by atoms with Gasteiger partial charge in [-0.25, -0.2) is 4.98 Å². The molecule has 0 aliphatic heterocycles. The van der Waals surface area contributed by atoms with Crippen molar-refractivity contribution in [3.05, 3.63) is 36.0 Å². The minimum atomic E-state index is -2.69. The summed E-state index contributed by atoms with van der Waals surface area (Å²) in [6.07, 6.45) is 2.83. The Bertz CT molecular complexity index is 1240. The first-order chi connectivity index (χ1) is 16.1. The number of ether oxygens (including phenoxy) is 1. The van der Waals surface area contributed by atoms with Crippen molar-refractivity contribution >= 4 is 29.0 Å². The summed E-state index contributed by atoms with van der Waals surface area (Å²) in [5.41, 5.74) is 1.17. The molecular formula is C20H22N8O3. The van der Waals surface area contributed by atoms with Gasteiger partial charge in [0.15, 0.2) is 5.75 Å². The van der Waals surface area contributed by atoms with Crippen LogP contribution < -0.4 is 20.7 Å². The number of nitrogens with one attached hydrogen (secondary N) is 3. The van der Waals surface area contributed by atoms with Gasteiger partial charge in [-0.1, -0.05) is 6.07 Å². The molecule has 11 heteroatoms. The minimum absolute atomic E-state index is 0.0365. The van der Waals surface area contributed by atoms with Crippen molar-refractivity contribution in [3.8, 4) is 17.1 Å². The van der Waals surface area contributed by atoms with Crippen molar-refractivity contribution in [2.75, 3.05) is 24.7 Å². The number of amides is 2. The van der Waals surface area contributed by atoms with Gasteiger partial charge in [-0.15, -0.1) is 10.2 Å². The molecule has 160 valence electrons. The standard InChI is InChI=1S/C20H22N8O3/c1-21-20(30)13-10-22-16(24-19(29)11-7-8-11)9-15(13)23-14-6-4-5-12(17(14)31-3)18-25-27-28(2)26-18/h4-6,9-11H,7-8H2,1-3H3,(H,21,30)(H2,22,23,24,29)/i1D3. The Kier molecular flexibility index (Phi) is 4.53. The van der Waals surface area contributed by atoms with Gasteiger partial charge in [-0.05, 0) is 30.2 Å². The first-order valence-electron chi connectivity index (χ1n) is 11.0. The summed E-state index contributed by atoms with van der Waals surface area (Å²) >= 11 is 0. The molecule has 0 atom stereocenters. The van der Waals surface area contributed by atoms with Gasteiger partial charge in [0, 0.05) is 29.3 Å². The molecule has 31 heavy (non-hydrogen) atoms. The number of aryl methyl sites for hydroxylation is 1. The molecule has 11 nitrogen and oxygen atoms in total. The van der Waals surface area contributed by atoms with Gasteiger partial charge in [0.1, 0.15) is 5.82 Å². The highest BCUT2D eigenvalue weighted by atomic mass is 16.5. The normalized spacial score (nSPS) is 14.7. The number of carbonyl (C=O) groups excluding carboxylic acids is 2. The maximum Gasteiger partial charge on any atom is 0.254 e. The highest BCUT2D eigenvalue weighted by molar-refractivity contribution is 6.01. The fourth-order valence-electron chi connectivity index (χ4n) is 3.02. The number of nitrogens with zero attached hydrogens (tertiary/aromatic N) is 5. The second-order valence-electron chi connectivity index (χ2n) is 6.95. The second kappa shape index (κ2) is 8.38. The Morgan fingerprint density at radius 2 is 2.13 bits per heavy atom. The first-order valence-corrected chi connectivity index (χ1v) is 9.46. The van der Waals surface area contributed by atoms with Gasteiger partial charge in [0.05, 0.1) is 36.7 Å². The Labute approximate surface area is 182 Å². The van der Waals surface area contributed by atoms with E-state index < -0.39 is 12.9 Å². The van der Waals surface area contributed by atoms with Crippen LogP contribution in [0.5, 0.6) is 5.75 Å². The smallest absolute Gasteiger partial charge is 0.254 e. The van der Waals surface area contributed by atoms with Gasteiger partial charge >= 0.3 is 0 Å². The summed E-state index contributed by atoms with van der Waals surface area (Å²) in [7, 11) is 3.10. The number of rotatable bonds is 7. The summed E-state index contributed by atoms with van der Waals surface area (Å²) in [6.45, 7) is -2.69. The van der Waals surface area contributed by atoms with Gasteiger partial charge in [0.25, 0.3) is 5.91 Å². The number of pyridine rings is 1. The lowest BCUT2D eigenvalue weighted by Crippen LogP contribution is -2.20. The number of anilines is 3. The molecule has 1 fully saturated rings. The van der Waals surface area contributed by atoms with Crippen LogP contribution in [0.1, 0.15) is 27.3 Å². The number of hydrogen-bond donors (Lipinski definition) is 3. The monoisotopic (exact) mass is 425 g/mol. The van der Waals surface area contributed by atoms with E-state index in [0.29, 0.717) is 22.8 Å². The van der Waals surface area contributed by atoms with Gasteiger partial charge < -0.3 is 20.7 Å². The summed E-state index contributed by atoms with van der Waals surface area (Å²) in [5.74, 6) is -0.149. The molecule has 4 rings (SSSR count). The number of hydrogen-bond acceptors (Lipinski definition) is 8. The lowest BCUT2D eigenvalue weighted by molar-refractivity contribution is -0.117. The zero-order valence-corrected chi connectivity index (χ0v) is 16.8. The molecule has 0 saturated heterocycles. The van der Waals surface area contributed by atoms with E-state index in [9.17, 15) is 9.59 Å². The quantitative estimate of drug-likeness (QED) is 0.521. The maximum absolute atomic E-state index is 12.7. The molecular weight excluding hydrogens is 400 g/mol. The molecule has 2 amide bonds. The van der Waals surface area contributed by atoms with Crippen LogP contribution in [0.2, 0.25) is 0 Å². The van der Waals surface area contributed by atoms with Crippen molar-refractivity contribution in [2.24, 2.45) is 13.0 Å². The number of methoxy groups -OCH3 is 1. The van der Waals surface area contributed by atoms with Crippen LogP contribution in [0.15, 0.2) is 30.5 Å². The van der Waals surface area contributed by atoms with E-state index in [4.69, 9.17) is 8.85 Å². The van der Waals surface area contributed by atoms with E-state index in [2.05, 4.69) is 31.0 Å². The van der Waals surface area contributed by atoms with Crippen LogP contribution in [-0.4, -0.2) is 51.1 Å². The fourth-order valence-corrected chi connectivity index (χ4v) is 3.02. The molecule has 3 N–H and O–H groups in total. The van der Waals surface area contributed by atoms with E-state index >= 15 is 0 Å². The van der Waals surface area contributed by atoms with Crippen LogP contribution in [0.25, 0.3) is 11.4 Å². The molecule has 0 unspecified atom stereocenters. The van der Waals surface area contributed by atoms with Crippen LogP contribution >= 0.6 is 0 Å². The third-order valence-corrected chi connectivity index (χ3v) is 4.70. The average Bonchev–Trinajstić information content (AvgIpc) is 3.53. The molecule has 1 aromatic carbocycles. The predicted molar refractivity (Wildman–Crippen MR) is 113 cm³/mol. The number of aromatic nitrogens is 5. The molecule has 1 aliphatic rings. The number of carbonyl (C=O) groups is 2. The van der Waals surface area contributed by atoms with E-state index in [-0.39, 0.29) is 28.9 Å². The first kappa shape index (κ1) is 16.7.